The van der Waals surface area contributed by atoms with Crippen molar-refractivity contribution in [2.24, 2.45) is 5.92 Å². The molecule has 5 nitrogen and oxygen atoms in total. The first-order chi connectivity index (χ1) is 14.7. The summed E-state index contributed by atoms with van der Waals surface area (Å²) in [5.74, 6) is -0.0320. The number of carbonyl (C=O) groups excluding carboxylic acids is 2. The molecule has 2 aliphatic rings. The number of hydrogen-bond acceptors (Lipinski definition) is 3. The van der Waals surface area contributed by atoms with Gasteiger partial charge < -0.3 is 16.0 Å². The van der Waals surface area contributed by atoms with Crippen LogP contribution in [0.4, 0.5) is 13.2 Å². The molecule has 2 aromatic carbocycles. The van der Waals surface area contributed by atoms with Gasteiger partial charge in [0.15, 0.2) is 0 Å². The quantitative estimate of drug-likeness (QED) is 0.697. The van der Waals surface area contributed by atoms with E-state index in [1.807, 2.05) is 6.07 Å². The lowest BCUT2D eigenvalue weighted by molar-refractivity contribution is -0.137. The minimum atomic E-state index is -4.40. The van der Waals surface area contributed by atoms with Crippen LogP contribution in [0.1, 0.15) is 50.2 Å². The average molecular weight is 431 g/mol. The van der Waals surface area contributed by atoms with Crippen molar-refractivity contribution in [1.29, 1.82) is 0 Å². The van der Waals surface area contributed by atoms with E-state index >= 15 is 0 Å². The number of fused-ring (bicyclic) bond motifs is 3. The molecule has 164 valence electrons. The van der Waals surface area contributed by atoms with E-state index in [4.69, 9.17) is 0 Å². The summed E-state index contributed by atoms with van der Waals surface area (Å²) in [5, 5.41) is 9.11. The third-order valence-corrected chi connectivity index (χ3v) is 6.15. The second-order valence-corrected chi connectivity index (χ2v) is 8.20. The van der Waals surface area contributed by atoms with Gasteiger partial charge in [-0.1, -0.05) is 24.3 Å². The molecule has 0 aromatic heterocycles. The molecule has 3 atom stereocenters. The van der Waals surface area contributed by atoms with Gasteiger partial charge in [0.1, 0.15) is 0 Å². The molecule has 2 aliphatic heterocycles. The first-order valence-corrected chi connectivity index (χ1v) is 10.3. The zero-order valence-electron chi connectivity index (χ0n) is 17.1. The summed E-state index contributed by atoms with van der Waals surface area (Å²) in [7, 11) is 0. The summed E-state index contributed by atoms with van der Waals surface area (Å²) in [6.45, 7) is 3.71. The van der Waals surface area contributed by atoms with Crippen LogP contribution in [0.5, 0.6) is 0 Å². The molecule has 0 radical (unpaired) electrons. The van der Waals surface area contributed by atoms with E-state index in [2.05, 4.69) is 22.9 Å². The third kappa shape index (κ3) is 4.44. The van der Waals surface area contributed by atoms with Crippen LogP contribution < -0.4 is 16.0 Å². The molecule has 1 fully saturated rings. The Hall–Kier alpha value is -2.87. The predicted octanol–water partition coefficient (Wildman–Crippen LogP) is 3.11. The van der Waals surface area contributed by atoms with Crippen molar-refractivity contribution in [3.05, 3.63) is 70.3 Å². The van der Waals surface area contributed by atoms with Crippen molar-refractivity contribution in [3.63, 3.8) is 0 Å². The molecule has 1 saturated heterocycles. The lowest BCUT2D eigenvalue weighted by Gasteiger charge is -2.21. The van der Waals surface area contributed by atoms with Gasteiger partial charge in [-0.2, -0.15) is 13.2 Å². The van der Waals surface area contributed by atoms with Crippen LogP contribution in [0.25, 0.3) is 0 Å². The minimum Gasteiger partial charge on any atom is -0.352 e. The second kappa shape index (κ2) is 8.34. The third-order valence-electron chi connectivity index (χ3n) is 6.15. The Morgan fingerprint density at radius 2 is 1.97 bits per heavy atom. The SMILES string of the molecule is CC1NCC2CNC(=O)c3cc(C(=O)NCCc4cccc(C(F)(F)F)c4)ccc3C21. The van der Waals surface area contributed by atoms with E-state index < -0.39 is 11.7 Å². The normalized spacial score (nSPS) is 22.8. The van der Waals surface area contributed by atoms with Gasteiger partial charge in [-0.05, 0) is 48.6 Å². The first kappa shape index (κ1) is 21.4. The van der Waals surface area contributed by atoms with Crippen LogP contribution in [-0.4, -0.2) is 37.5 Å². The highest BCUT2D eigenvalue weighted by Gasteiger charge is 2.38. The predicted molar refractivity (Wildman–Crippen MR) is 110 cm³/mol. The number of amides is 2. The lowest BCUT2D eigenvalue weighted by atomic mass is 9.83. The fourth-order valence-electron chi connectivity index (χ4n) is 4.55. The van der Waals surface area contributed by atoms with Gasteiger partial charge in [-0.3, -0.25) is 9.59 Å². The molecule has 3 unspecified atom stereocenters. The maximum absolute atomic E-state index is 12.8. The van der Waals surface area contributed by atoms with Crippen molar-refractivity contribution in [2.75, 3.05) is 19.6 Å². The van der Waals surface area contributed by atoms with E-state index in [9.17, 15) is 22.8 Å². The van der Waals surface area contributed by atoms with E-state index in [0.29, 0.717) is 29.2 Å². The van der Waals surface area contributed by atoms with E-state index in [1.165, 1.54) is 6.07 Å². The fraction of sp³-hybridized carbons (Fsp3) is 0.391. The van der Waals surface area contributed by atoms with Crippen molar-refractivity contribution in [2.45, 2.75) is 31.5 Å². The molecule has 0 aliphatic carbocycles. The largest absolute Gasteiger partial charge is 0.416 e. The Morgan fingerprint density at radius 3 is 2.74 bits per heavy atom. The van der Waals surface area contributed by atoms with Gasteiger partial charge in [0.05, 0.1) is 5.56 Å². The first-order valence-electron chi connectivity index (χ1n) is 10.3. The van der Waals surface area contributed by atoms with Crippen molar-refractivity contribution >= 4 is 11.8 Å². The standard InChI is InChI=1S/C23H24F3N3O2/c1-13-20-16(11-28-13)12-29-22(31)19-10-15(5-6-18(19)20)21(30)27-8-7-14-3-2-4-17(9-14)23(24,25)26/h2-6,9-10,13,16,20,28H,7-8,11-12H2,1H3,(H,27,30)(H,29,31). The highest BCUT2D eigenvalue weighted by atomic mass is 19.4. The summed E-state index contributed by atoms with van der Waals surface area (Å²) < 4.78 is 38.5. The molecule has 31 heavy (non-hydrogen) atoms. The molecule has 0 spiro atoms. The lowest BCUT2D eigenvalue weighted by Crippen LogP contribution is -2.29. The zero-order valence-corrected chi connectivity index (χ0v) is 17.1. The van der Waals surface area contributed by atoms with Crippen LogP contribution in [0.15, 0.2) is 42.5 Å². The van der Waals surface area contributed by atoms with Crippen molar-refractivity contribution in [1.82, 2.24) is 16.0 Å². The summed E-state index contributed by atoms with van der Waals surface area (Å²) in [4.78, 5) is 25.2. The summed E-state index contributed by atoms with van der Waals surface area (Å²) in [6.07, 6.45) is -4.12. The Morgan fingerprint density at radius 1 is 1.16 bits per heavy atom. The molecule has 2 heterocycles. The number of carbonyl (C=O) groups is 2. The Bertz CT molecular complexity index is 1010. The monoisotopic (exact) mass is 431 g/mol. The molecule has 8 heteroatoms. The highest BCUT2D eigenvalue weighted by Crippen LogP contribution is 2.36. The van der Waals surface area contributed by atoms with Crippen LogP contribution in [-0.2, 0) is 12.6 Å². The Labute approximate surface area is 178 Å². The Balaban J connectivity index is 1.45. The van der Waals surface area contributed by atoms with Gasteiger partial charge >= 0.3 is 6.18 Å². The van der Waals surface area contributed by atoms with Gasteiger partial charge in [0.25, 0.3) is 11.8 Å². The topological polar surface area (TPSA) is 70.2 Å². The van der Waals surface area contributed by atoms with E-state index in [-0.39, 0.29) is 36.7 Å². The van der Waals surface area contributed by atoms with Gasteiger partial charge in [0, 0.05) is 42.7 Å². The van der Waals surface area contributed by atoms with Crippen molar-refractivity contribution in [3.8, 4) is 0 Å². The molecular formula is C23H24F3N3O2. The number of hydrogen-bond donors (Lipinski definition) is 3. The van der Waals surface area contributed by atoms with Gasteiger partial charge in [-0.15, -0.1) is 0 Å². The second-order valence-electron chi connectivity index (χ2n) is 8.20. The molecule has 0 saturated carbocycles. The number of nitrogens with one attached hydrogen (secondary N) is 3. The number of halogens is 3. The molecule has 0 bridgehead atoms. The number of alkyl halides is 3. The summed E-state index contributed by atoms with van der Waals surface area (Å²) in [5.41, 5.74) is 1.59. The zero-order chi connectivity index (χ0) is 22.2. The summed E-state index contributed by atoms with van der Waals surface area (Å²) in [6, 6.07) is 10.5. The maximum Gasteiger partial charge on any atom is 0.416 e. The van der Waals surface area contributed by atoms with E-state index in [1.54, 1.807) is 18.2 Å². The highest BCUT2D eigenvalue weighted by molar-refractivity contribution is 6.01. The van der Waals surface area contributed by atoms with Crippen LogP contribution in [0.2, 0.25) is 0 Å². The minimum absolute atomic E-state index is 0.185. The van der Waals surface area contributed by atoms with Crippen LogP contribution >= 0.6 is 0 Å². The van der Waals surface area contributed by atoms with Gasteiger partial charge in [-0.25, -0.2) is 0 Å². The average Bonchev–Trinajstić information content (AvgIpc) is 3.04. The fourth-order valence-corrected chi connectivity index (χ4v) is 4.55. The Kier molecular flexibility index (Phi) is 5.75. The number of benzene rings is 2. The van der Waals surface area contributed by atoms with Crippen molar-refractivity contribution < 1.29 is 22.8 Å². The number of rotatable bonds is 4. The summed E-state index contributed by atoms with van der Waals surface area (Å²) >= 11 is 0. The maximum atomic E-state index is 12.8. The van der Waals surface area contributed by atoms with E-state index in [0.717, 1.165) is 24.2 Å². The van der Waals surface area contributed by atoms with Gasteiger partial charge in [0.2, 0.25) is 0 Å². The smallest absolute Gasteiger partial charge is 0.352 e. The molecule has 4 rings (SSSR count). The molecular weight excluding hydrogens is 407 g/mol. The molecule has 3 N–H and O–H groups in total. The van der Waals surface area contributed by atoms with Crippen LogP contribution in [0, 0.1) is 5.92 Å². The van der Waals surface area contributed by atoms with Crippen LogP contribution in [0.3, 0.4) is 0 Å². The molecule has 2 amide bonds. The molecule has 2 aromatic rings.